The molecule has 6 nitrogen and oxygen atoms in total. The van der Waals surface area contributed by atoms with Gasteiger partial charge in [0, 0.05) is 17.7 Å². The van der Waals surface area contributed by atoms with E-state index in [1.165, 1.54) is 12.1 Å². The lowest BCUT2D eigenvalue weighted by Gasteiger charge is -2.22. The summed E-state index contributed by atoms with van der Waals surface area (Å²) in [4.78, 5) is 24.3. The molecule has 0 radical (unpaired) electrons. The molecule has 3 aromatic rings. The second kappa shape index (κ2) is 11.1. The number of methoxy groups -OCH3 is 1. The number of nitro benzene ring substituents is 1. The topological polar surface area (TPSA) is 81.5 Å². The summed E-state index contributed by atoms with van der Waals surface area (Å²) >= 11 is 0. The lowest BCUT2D eigenvalue weighted by atomic mass is 9.95. The van der Waals surface area contributed by atoms with Crippen molar-refractivity contribution in [2.45, 2.75) is 26.3 Å². The zero-order chi connectivity index (χ0) is 23.8. The number of ether oxygens (including phenoxy) is 1. The first-order valence-corrected chi connectivity index (χ1v) is 10.8. The Morgan fingerprint density at radius 1 is 1.03 bits per heavy atom. The van der Waals surface area contributed by atoms with Gasteiger partial charge in [-0.3, -0.25) is 14.9 Å². The van der Waals surface area contributed by atoms with E-state index in [2.05, 4.69) is 19.2 Å². The van der Waals surface area contributed by atoms with Crippen molar-refractivity contribution in [2.24, 2.45) is 5.92 Å². The first-order chi connectivity index (χ1) is 15.9. The van der Waals surface area contributed by atoms with Crippen LogP contribution in [0.25, 0.3) is 11.6 Å². The number of rotatable bonds is 9. The molecule has 1 atom stereocenters. The second-order valence-corrected chi connectivity index (χ2v) is 8.20. The molecule has 0 heterocycles. The van der Waals surface area contributed by atoms with Crippen LogP contribution in [0.15, 0.2) is 78.9 Å². The van der Waals surface area contributed by atoms with Crippen LogP contribution >= 0.6 is 0 Å². The van der Waals surface area contributed by atoms with Crippen LogP contribution in [0.2, 0.25) is 0 Å². The average molecular weight is 445 g/mol. The van der Waals surface area contributed by atoms with Crippen LogP contribution in [0.4, 0.5) is 5.69 Å². The molecule has 0 saturated heterocycles. The first kappa shape index (κ1) is 23.7. The predicted molar refractivity (Wildman–Crippen MR) is 131 cm³/mol. The summed E-state index contributed by atoms with van der Waals surface area (Å²) in [6.07, 6.45) is 2.45. The van der Waals surface area contributed by atoms with Gasteiger partial charge in [-0.1, -0.05) is 68.4 Å². The number of carbonyl (C=O) groups excluding carboxylic acids is 1. The number of amides is 1. The van der Waals surface area contributed by atoms with Gasteiger partial charge in [0.2, 0.25) is 0 Å². The van der Waals surface area contributed by atoms with Crippen LogP contribution in [-0.4, -0.2) is 17.9 Å². The van der Waals surface area contributed by atoms with Crippen LogP contribution in [-0.2, 0) is 4.79 Å². The van der Waals surface area contributed by atoms with Crippen molar-refractivity contribution in [3.63, 3.8) is 0 Å². The summed E-state index contributed by atoms with van der Waals surface area (Å²) in [5.41, 5.74) is 2.73. The van der Waals surface area contributed by atoms with Gasteiger partial charge in [-0.15, -0.1) is 0 Å². The molecule has 0 aliphatic carbocycles. The van der Waals surface area contributed by atoms with E-state index in [4.69, 9.17) is 4.74 Å². The number of hydrogen-bond acceptors (Lipinski definition) is 4. The van der Waals surface area contributed by atoms with Crippen molar-refractivity contribution in [1.29, 1.82) is 0 Å². The van der Waals surface area contributed by atoms with Gasteiger partial charge in [0.15, 0.2) is 0 Å². The van der Waals surface area contributed by atoms with Crippen LogP contribution in [0.3, 0.4) is 0 Å². The largest absolute Gasteiger partial charge is 0.497 e. The fourth-order valence-corrected chi connectivity index (χ4v) is 3.61. The van der Waals surface area contributed by atoms with E-state index in [1.54, 1.807) is 25.3 Å². The molecule has 6 heteroatoms. The maximum Gasteiger partial charge on any atom is 0.270 e. The molecule has 0 fully saturated rings. The molecule has 0 aliphatic heterocycles. The molecule has 3 aromatic carbocycles. The lowest BCUT2D eigenvalue weighted by molar-refractivity contribution is -0.384. The van der Waals surface area contributed by atoms with Crippen molar-refractivity contribution in [3.05, 3.63) is 106 Å². The molecule has 0 aromatic heterocycles. The Morgan fingerprint density at radius 3 is 2.33 bits per heavy atom. The minimum atomic E-state index is -0.443. The molecule has 170 valence electrons. The highest BCUT2D eigenvalue weighted by Crippen LogP contribution is 2.26. The third-order valence-corrected chi connectivity index (χ3v) is 5.25. The summed E-state index contributed by atoms with van der Waals surface area (Å²) < 4.78 is 5.26. The van der Waals surface area contributed by atoms with E-state index >= 15 is 0 Å². The maximum absolute atomic E-state index is 13.5. The molecule has 0 bridgehead atoms. The van der Waals surface area contributed by atoms with Gasteiger partial charge >= 0.3 is 0 Å². The molecule has 0 spiro atoms. The Morgan fingerprint density at radius 2 is 1.73 bits per heavy atom. The Bertz CT molecular complexity index is 1120. The Kier molecular flexibility index (Phi) is 7.97. The third-order valence-electron chi connectivity index (χ3n) is 5.25. The van der Waals surface area contributed by atoms with Crippen molar-refractivity contribution < 1.29 is 14.5 Å². The fourth-order valence-electron chi connectivity index (χ4n) is 3.61. The molecule has 0 aliphatic rings. The van der Waals surface area contributed by atoms with Crippen molar-refractivity contribution in [2.75, 3.05) is 7.11 Å². The van der Waals surface area contributed by atoms with Gasteiger partial charge in [-0.05, 0) is 47.2 Å². The van der Waals surface area contributed by atoms with E-state index in [1.807, 2.05) is 54.6 Å². The van der Waals surface area contributed by atoms with Gasteiger partial charge in [0.1, 0.15) is 5.75 Å². The maximum atomic E-state index is 13.5. The molecular weight excluding hydrogens is 416 g/mol. The van der Waals surface area contributed by atoms with Crippen LogP contribution in [0.5, 0.6) is 5.75 Å². The van der Waals surface area contributed by atoms with E-state index in [9.17, 15) is 14.9 Å². The zero-order valence-electron chi connectivity index (χ0n) is 19.0. The third kappa shape index (κ3) is 6.53. The monoisotopic (exact) mass is 444 g/mol. The number of nitrogens with one attached hydrogen (secondary N) is 1. The summed E-state index contributed by atoms with van der Waals surface area (Å²) in [6.45, 7) is 4.22. The van der Waals surface area contributed by atoms with Crippen LogP contribution < -0.4 is 10.1 Å². The van der Waals surface area contributed by atoms with E-state index in [0.717, 1.165) is 23.3 Å². The van der Waals surface area contributed by atoms with Gasteiger partial charge in [0.05, 0.1) is 18.1 Å². The number of carbonyl (C=O) groups is 1. The summed E-state index contributed by atoms with van der Waals surface area (Å²) in [5.74, 6) is 0.872. The van der Waals surface area contributed by atoms with E-state index < -0.39 is 4.92 Å². The van der Waals surface area contributed by atoms with Crippen LogP contribution in [0, 0.1) is 16.0 Å². The highest BCUT2D eigenvalue weighted by atomic mass is 16.6. The summed E-state index contributed by atoms with van der Waals surface area (Å²) in [5, 5.41) is 14.4. The molecule has 1 amide bonds. The molecule has 33 heavy (non-hydrogen) atoms. The lowest BCUT2D eigenvalue weighted by Crippen LogP contribution is -2.30. The van der Waals surface area contributed by atoms with Gasteiger partial charge in [-0.2, -0.15) is 0 Å². The normalized spacial score (nSPS) is 12.3. The molecule has 3 rings (SSSR count). The Labute approximate surface area is 194 Å². The molecule has 0 unspecified atom stereocenters. The van der Waals surface area contributed by atoms with Crippen LogP contribution in [0.1, 0.15) is 43.0 Å². The fraction of sp³-hybridized carbons (Fsp3) is 0.222. The van der Waals surface area contributed by atoms with E-state index in [-0.39, 0.29) is 17.6 Å². The minimum absolute atomic E-state index is 0.0208. The highest BCUT2D eigenvalue weighted by molar-refractivity contribution is 6.24. The number of nitrogens with zero attached hydrogens (tertiary/aromatic N) is 1. The van der Waals surface area contributed by atoms with Crippen molar-refractivity contribution in [3.8, 4) is 5.75 Å². The number of hydrogen-bond donors (Lipinski definition) is 1. The predicted octanol–water partition coefficient (Wildman–Crippen LogP) is 6.05. The van der Waals surface area contributed by atoms with Gasteiger partial charge in [0.25, 0.3) is 11.6 Å². The summed E-state index contributed by atoms with van der Waals surface area (Å²) in [6, 6.07) is 23.1. The van der Waals surface area contributed by atoms with Crippen molar-refractivity contribution in [1.82, 2.24) is 5.32 Å². The second-order valence-electron chi connectivity index (χ2n) is 8.20. The minimum Gasteiger partial charge on any atom is -0.497 e. The Hall–Kier alpha value is -3.93. The molecule has 0 saturated carbocycles. The summed E-state index contributed by atoms with van der Waals surface area (Å²) in [7, 11) is 1.62. The molecule has 1 N–H and O–H groups in total. The standard InChI is InChI=1S/C27H28N2O4/c1-19(2)16-26(22-12-14-24(33-3)15-13-22)28-27(30)25(21-9-5-4-6-10-21)18-20-8-7-11-23(17-20)29(31)32/h4-15,17-19,26H,16H2,1-3H3,(H,28,30)/b25-18+/t26-/m0/s1. The first-order valence-electron chi connectivity index (χ1n) is 10.8. The van der Waals surface area contributed by atoms with Gasteiger partial charge in [-0.25, -0.2) is 0 Å². The molecular formula is C27H28N2O4. The highest BCUT2D eigenvalue weighted by Gasteiger charge is 2.20. The van der Waals surface area contributed by atoms with E-state index in [0.29, 0.717) is 17.1 Å². The Balaban J connectivity index is 1.97. The quantitative estimate of drug-likeness (QED) is 0.189. The number of benzene rings is 3. The average Bonchev–Trinajstić information content (AvgIpc) is 2.82. The smallest absolute Gasteiger partial charge is 0.270 e. The SMILES string of the molecule is COc1ccc([C@H](CC(C)C)NC(=O)/C(=C/c2cccc([N+](=O)[O-])c2)c2ccccc2)cc1. The zero-order valence-corrected chi connectivity index (χ0v) is 19.0. The number of non-ortho nitro benzene ring substituents is 1. The van der Waals surface area contributed by atoms with Crippen molar-refractivity contribution >= 4 is 23.2 Å². The van der Waals surface area contributed by atoms with Gasteiger partial charge < -0.3 is 10.1 Å². The number of nitro groups is 1.